The molecule has 2 aliphatic rings. The number of nitrogens with zero attached hydrogens (tertiary/aromatic N) is 4. The van der Waals surface area contributed by atoms with Crippen LogP contribution < -0.4 is 10.8 Å². The van der Waals surface area contributed by atoms with Gasteiger partial charge in [0.05, 0.1) is 19.0 Å². The van der Waals surface area contributed by atoms with Gasteiger partial charge in [-0.05, 0) is 27.7 Å². The van der Waals surface area contributed by atoms with Crippen molar-refractivity contribution in [2.24, 2.45) is 0 Å². The lowest BCUT2D eigenvalue weighted by atomic mass is 10.0. The molecule has 0 aliphatic carbocycles. The van der Waals surface area contributed by atoms with Gasteiger partial charge in [-0.1, -0.05) is 0 Å². The van der Waals surface area contributed by atoms with E-state index in [-0.39, 0.29) is 18.5 Å². The zero-order valence-corrected chi connectivity index (χ0v) is 19.0. The fourth-order valence-electron chi connectivity index (χ4n) is 3.59. The van der Waals surface area contributed by atoms with Crippen LogP contribution in [0.5, 0.6) is 0 Å². The zero-order chi connectivity index (χ0) is 22.6. The number of nitrogens with one attached hydrogen (secondary N) is 1. The molecule has 1 unspecified atom stereocenters. The fraction of sp³-hybridized carbons (Fsp3) is 0.647. The SMILES string of the molecule is CC(C)OC(=O)[C@H](C)NP1(=O)OC[C@H]2O[C@@H](n3cnc4c(N)ncnc43)[C@](C)(Cl)[C@@H]2O1. The molecule has 0 amide bonds. The van der Waals surface area contributed by atoms with E-state index in [0.29, 0.717) is 11.2 Å². The first-order valence-corrected chi connectivity index (χ1v) is 11.6. The topological polar surface area (TPSA) is 153 Å². The number of anilines is 1. The van der Waals surface area contributed by atoms with Crippen LogP contribution in [0.1, 0.15) is 33.9 Å². The summed E-state index contributed by atoms with van der Waals surface area (Å²) in [4.78, 5) is 23.3. The first-order chi connectivity index (χ1) is 14.5. The Balaban J connectivity index is 1.55. The lowest BCUT2D eigenvalue weighted by molar-refractivity contribution is -0.149. The maximum absolute atomic E-state index is 13.2. The number of nitrogens with two attached hydrogens (primary N) is 1. The minimum absolute atomic E-state index is 0.0521. The Morgan fingerprint density at radius 2 is 2.16 bits per heavy atom. The average molecular weight is 475 g/mol. The number of hydrogen-bond acceptors (Lipinski definition) is 10. The molecule has 2 fully saturated rings. The molecule has 12 nitrogen and oxygen atoms in total. The van der Waals surface area contributed by atoms with Crippen LogP contribution in [-0.2, 0) is 27.9 Å². The minimum Gasteiger partial charge on any atom is -0.462 e. The molecule has 2 aromatic rings. The summed E-state index contributed by atoms with van der Waals surface area (Å²) in [5.74, 6) is -0.345. The molecule has 4 rings (SSSR count). The predicted molar refractivity (Wildman–Crippen MR) is 110 cm³/mol. The second-order valence-corrected chi connectivity index (χ2v) is 10.5. The molecule has 0 aromatic carbocycles. The Kier molecular flexibility index (Phi) is 5.74. The standard InChI is InChI=1S/C17H24ClN6O6P/c1-8(2)28-15(25)9(3)23-31(26)27-5-10-12(30-31)17(4,18)16(29-10)24-7-22-11-13(19)20-6-21-14(11)24/h6-10,12,16H,5H2,1-4H3,(H,23,26)(H2,19,20,21)/t9-,10+,12+,16+,17+,31?/m0/s1. The van der Waals surface area contributed by atoms with Gasteiger partial charge in [0.15, 0.2) is 17.7 Å². The third-order valence-corrected chi connectivity index (χ3v) is 7.14. The molecule has 2 aromatic heterocycles. The van der Waals surface area contributed by atoms with Crippen LogP contribution in [0, 0.1) is 0 Å². The van der Waals surface area contributed by atoms with Crippen molar-refractivity contribution >= 4 is 42.3 Å². The fourth-order valence-corrected chi connectivity index (χ4v) is 5.77. The highest BCUT2D eigenvalue weighted by atomic mass is 35.5. The van der Waals surface area contributed by atoms with Crippen LogP contribution in [-0.4, -0.2) is 61.3 Å². The van der Waals surface area contributed by atoms with Gasteiger partial charge in [-0.15, -0.1) is 11.6 Å². The third kappa shape index (κ3) is 4.04. The molecule has 31 heavy (non-hydrogen) atoms. The van der Waals surface area contributed by atoms with Gasteiger partial charge in [0.2, 0.25) is 0 Å². The van der Waals surface area contributed by atoms with Gasteiger partial charge in [-0.2, -0.15) is 0 Å². The van der Waals surface area contributed by atoms with Crippen LogP contribution in [0.4, 0.5) is 5.82 Å². The average Bonchev–Trinajstić information content (AvgIpc) is 3.21. The molecule has 0 radical (unpaired) electrons. The maximum atomic E-state index is 13.2. The normalized spacial score (nSPS) is 34.1. The molecule has 2 aliphatic heterocycles. The number of nitrogen functional groups attached to an aromatic ring is 1. The number of alkyl halides is 1. The summed E-state index contributed by atoms with van der Waals surface area (Å²) in [6.45, 7) is 6.60. The Labute approximate surface area is 183 Å². The number of carbonyl (C=O) groups excluding carboxylic acids is 1. The number of imidazole rings is 1. The molecule has 6 atom stereocenters. The number of carbonyl (C=O) groups is 1. The summed E-state index contributed by atoms with van der Waals surface area (Å²) in [6.07, 6.45) is 0.331. The van der Waals surface area contributed by atoms with Crippen molar-refractivity contribution in [2.45, 2.75) is 63.2 Å². The highest BCUT2D eigenvalue weighted by molar-refractivity contribution is 7.51. The number of rotatable bonds is 5. The van der Waals surface area contributed by atoms with Gasteiger partial charge in [-0.3, -0.25) is 18.4 Å². The highest BCUT2D eigenvalue weighted by Crippen LogP contribution is 2.57. The zero-order valence-electron chi connectivity index (χ0n) is 17.4. The van der Waals surface area contributed by atoms with Crippen LogP contribution in [0.3, 0.4) is 0 Å². The monoisotopic (exact) mass is 474 g/mol. The molecular weight excluding hydrogens is 451 g/mol. The second kappa shape index (κ2) is 7.95. The molecule has 3 N–H and O–H groups in total. The van der Waals surface area contributed by atoms with Gasteiger partial charge < -0.3 is 15.2 Å². The van der Waals surface area contributed by atoms with Crippen LogP contribution in [0.15, 0.2) is 12.7 Å². The molecule has 170 valence electrons. The maximum Gasteiger partial charge on any atom is 0.406 e. The molecule has 0 spiro atoms. The van der Waals surface area contributed by atoms with Gasteiger partial charge in [0.1, 0.15) is 35.0 Å². The van der Waals surface area contributed by atoms with Crippen LogP contribution in [0.25, 0.3) is 11.2 Å². The van der Waals surface area contributed by atoms with Gasteiger partial charge in [0, 0.05) is 0 Å². The molecule has 0 saturated carbocycles. The number of hydrogen-bond donors (Lipinski definition) is 2. The molecule has 2 saturated heterocycles. The Morgan fingerprint density at radius 1 is 1.42 bits per heavy atom. The Bertz CT molecular complexity index is 1050. The number of esters is 1. The van der Waals surface area contributed by atoms with Crippen molar-refractivity contribution in [2.75, 3.05) is 12.3 Å². The van der Waals surface area contributed by atoms with Crippen molar-refractivity contribution in [3.63, 3.8) is 0 Å². The van der Waals surface area contributed by atoms with E-state index in [9.17, 15) is 9.36 Å². The largest absolute Gasteiger partial charge is 0.462 e. The van der Waals surface area contributed by atoms with Gasteiger partial charge in [0.25, 0.3) is 0 Å². The number of ether oxygens (including phenoxy) is 2. The predicted octanol–water partition coefficient (Wildman–Crippen LogP) is 1.76. The van der Waals surface area contributed by atoms with Crippen molar-refractivity contribution in [3.8, 4) is 0 Å². The van der Waals surface area contributed by atoms with Crippen molar-refractivity contribution in [3.05, 3.63) is 12.7 Å². The van der Waals surface area contributed by atoms with E-state index >= 15 is 0 Å². The first-order valence-electron chi connectivity index (χ1n) is 9.70. The first kappa shape index (κ1) is 22.4. The summed E-state index contributed by atoms with van der Waals surface area (Å²) in [5.41, 5.74) is 6.71. The molecular formula is C17H24ClN6O6P. The molecule has 4 heterocycles. The van der Waals surface area contributed by atoms with Crippen molar-refractivity contribution < 1.29 is 27.9 Å². The number of fused-ring (bicyclic) bond motifs is 2. The van der Waals surface area contributed by atoms with E-state index in [1.165, 1.54) is 19.6 Å². The molecule has 0 bridgehead atoms. The lowest BCUT2D eigenvalue weighted by Gasteiger charge is -2.36. The summed E-state index contributed by atoms with van der Waals surface area (Å²) >= 11 is 6.86. The van der Waals surface area contributed by atoms with E-state index in [1.807, 2.05) is 0 Å². The summed E-state index contributed by atoms with van der Waals surface area (Å²) < 4.78 is 37.2. The molecule has 14 heteroatoms. The minimum atomic E-state index is -3.86. The Hall–Kier alpha value is -1.82. The van der Waals surface area contributed by atoms with Gasteiger partial charge in [-0.25, -0.2) is 24.6 Å². The van der Waals surface area contributed by atoms with E-state index in [2.05, 4.69) is 20.0 Å². The van der Waals surface area contributed by atoms with Crippen molar-refractivity contribution in [1.82, 2.24) is 24.6 Å². The van der Waals surface area contributed by atoms with Gasteiger partial charge >= 0.3 is 13.7 Å². The summed E-state index contributed by atoms with van der Waals surface area (Å²) in [6, 6.07) is -0.915. The van der Waals surface area contributed by atoms with Crippen molar-refractivity contribution in [1.29, 1.82) is 0 Å². The summed E-state index contributed by atoms with van der Waals surface area (Å²) in [5, 5.41) is 2.60. The quantitative estimate of drug-likeness (QED) is 0.370. The van der Waals surface area contributed by atoms with Crippen LogP contribution >= 0.6 is 19.3 Å². The highest BCUT2D eigenvalue weighted by Gasteiger charge is 2.60. The van der Waals surface area contributed by atoms with E-state index in [4.69, 9.17) is 35.9 Å². The van der Waals surface area contributed by atoms with E-state index in [0.717, 1.165) is 0 Å². The van der Waals surface area contributed by atoms with Crippen LogP contribution in [0.2, 0.25) is 0 Å². The van der Waals surface area contributed by atoms with E-state index in [1.54, 1.807) is 25.3 Å². The number of halogens is 1. The third-order valence-electron chi connectivity index (χ3n) is 5.04. The lowest BCUT2D eigenvalue weighted by Crippen LogP contribution is -2.47. The Morgan fingerprint density at radius 3 is 2.87 bits per heavy atom. The smallest absolute Gasteiger partial charge is 0.406 e. The summed E-state index contributed by atoms with van der Waals surface area (Å²) in [7, 11) is -3.86. The second-order valence-electron chi connectivity index (χ2n) is 7.92. The number of aromatic nitrogens is 4. The van der Waals surface area contributed by atoms with E-state index < -0.39 is 43.1 Å².